The van der Waals surface area contributed by atoms with E-state index < -0.39 is 5.63 Å². The van der Waals surface area contributed by atoms with Gasteiger partial charge in [0.1, 0.15) is 17.1 Å². The highest BCUT2D eigenvalue weighted by molar-refractivity contribution is 6.00. The first-order valence-corrected chi connectivity index (χ1v) is 14.7. The van der Waals surface area contributed by atoms with E-state index in [1.54, 1.807) is 35.5 Å². The van der Waals surface area contributed by atoms with Crippen molar-refractivity contribution in [3.8, 4) is 39.9 Å². The van der Waals surface area contributed by atoms with Crippen molar-refractivity contribution in [2.45, 2.75) is 32.1 Å². The minimum atomic E-state index is -0.448. The number of rotatable bonds is 11. The second kappa shape index (κ2) is 13.4. The molecule has 1 aliphatic rings. The molecule has 0 amide bonds. The zero-order valence-electron chi connectivity index (χ0n) is 25.9. The van der Waals surface area contributed by atoms with Gasteiger partial charge in [-0.15, -0.1) is 0 Å². The highest BCUT2D eigenvalue weighted by atomic mass is 16.5. The second-order valence-electron chi connectivity index (χ2n) is 11.1. The van der Waals surface area contributed by atoms with Crippen LogP contribution in [0.4, 0.5) is 0 Å². The number of piperidine rings is 1. The number of ether oxygens (including phenoxy) is 5. The Labute approximate surface area is 253 Å². The van der Waals surface area contributed by atoms with Crippen LogP contribution >= 0.6 is 0 Å². The topological polar surface area (TPSA) is 79.6 Å². The summed E-state index contributed by atoms with van der Waals surface area (Å²) in [6.07, 6.45) is 3.17. The van der Waals surface area contributed by atoms with Gasteiger partial charge in [0.05, 0.1) is 40.9 Å². The molecule has 228 valence electrons. The van der Waals surface area contributed by atoms with Crippen molar-refractivity contribution in [2.75, 3.05) is 55.2 Å². The van der Waals surface area contributed by atoms with Gasteiger partial charge < -0.3 is 33.0 Å². The van der Waals surface area contributed by atoms with Crippen LogP contribution in [0.2, 0.25) is 0 Å². The number of fused-ring (bicyclic) bond motifs is 1. The van der Waals surface area contributed by atoms with Crippen LogP contribution < -0.4 is 29.3 Å². The predicted octanol–water partition coefficient (Wildman–Crippen LogP) is 6.76. The molecular weight excluding hydrogens is 546 g/mol. The summed E-state index contributed by atoms with van der Waals surface area (Å²) < 4.78 is 35.1. The van der Waals surface area contributed by atoms with Gasteiger partial charge in [-0.05, 0) is 61.5 Å². The van der Waals surface area contributed by atoms with Crippen molar-refractivity contribution < 1.29 is 28.1 Å². The molecular formula is C35H41NO7. The van der Waals surface area contributed by atoms with Crippen molar-refractivity contribution >= 4 is 11.0 Å². The van der Waals surface area contributed by atoms with E-state index in [0.29, 0.717) is 45.6 Å². The van der Waals surface area contributed by atoms with Gasteiger partial charge in [-0.3, -0.25) is 0 Å². The number of likely N-dealkylation sites (tertiary alicyclic amines) is 1. The summed E-state index contributed by atoms with van der Waals surface area (Å²) in [6, 6.07) is 17.2. The van der Waals surface area contributed by atoms with E-state index in [-0.39, 0.29) is 5.92 Å². The van der Waals surface area contributed by atoms with E-state index >= 15 is 0 Å². The smallest absolute Gasteiger partial charge is 0.336 e. The zero-order chi connectivity index (χ0) is 30.5. The standard InChI is InChI=1S/C35H41NO7/c1-22-11-10-15-36(21-22)16-14-25(24-17-29(40-4)34(42-6)30(18-24)41-5)32-27(38-2)20-28(39-3)33-26(19-31(37)43-35(32)33)23-12-8-7-9-13-23/h7-9,12-13,17-20,22,25H,10-11,14-16,21H2,1-6H3. The largest absolute Gasteiger partial charge is 0.496 e. The van der Waals surface area contributed by atoms with E-state index in [9.17, 15) is 4.79 Å². The van der Waals surface area contributed by atoms with Crippen LogP contribution in [0.15, 0.2) is 63.8 Å². The molecule has 0 radical (unpaired) electrons. The Morgan fingerprint density at radius 2 is 1.53 bits per heavy atom. The first-order valence-electron chi connectivity index (χ1n) is 14.7. The van der Waals surface area contributed by atoms with Crippen LogP contribution in [0.25, 0.3) is 22.1 Å². The number of benzene rings is 3. The SMILES string of the molecule is COc1cc(C(CCN2CCCC(C)C2)c2c(OC)cc(OC)c3c(-c4ccccc4)cc(=O)oc23)cc(OC)c1OC. The molecule has 8 nitrogen and oxygen atoms in total. The Kier molecular flexibility index (Phi) is 9.46. The Bertz CT molecular complexity index is 1590. The lowest BCUT2D eigenvalue weighted by Gasteiger charge is -2.32. The third-order valence-corrected chi connectivity index (χ3v) is 8.42. The molecule has 5 rings (SSSR count). The third-order valence-electron chi connectivity index (χ3n) is 8.42. The second-order valence-corrected chi connectivity index (χ2v) is 11.1. The fourth-order valence-electron chi connectivity index (χ4n) is 6.40. The average molecular weight is 588 g/mol. The molecule has 2 heterocycles. The molecule has 0 bridgehead atoms. The lowest BCUT2D eigenvalue weighted by Crippen LogP contribution is -2.35. The highest BCUT2D eigenvalue weighted by Crippen LogP contribution is 2.48. The molecule has 1 fully saturated rings. The third kappa shape index (κ3) is 6.15. The fourth-order valence-corrected chi connectivity index (χ4v) is 6.40. The van der Waals surface area contributed by atoms with Gasteiger partial charge in [0.15, 0.2) is 11.5 Å². The van der Waals surface area contributed by atoms with Gasteiger partial charge in [0, 0.05) is 35.7 Å². The molecule has 4 aromatic rings. The molecule has 0 saturated carbocycles. The van der Waals surface area contributed by atoms with E-state index in [2.05, 4.69) is 11.8 Å². The van der Waals surface area contributed by atoms with Gasteiger partial charge in [-0.2, -0.15) is 0 Å². The van der Waals surface area contributed by atoms with E-state index in [4.69, 9.17) is 28.1 Å². The molecule has 0 spiro atoms. The Morgan fingerprint density at radius 3 is 2.14 bits per heavy atom. The molecule has 2 atom stereocenters. The lowest BCUT2D eigenvalue weighted by molar-refractivity contribution is 0.180. The normalized spacial score (nSPS) is 16.1. The molecule has 0 aliphatic carbocycles. The maximum atomic E-state index is 13.2. The van der Waals surface area contributed by atoms with Gasteiger partial charge in [-0.1, -0.05) is 37.3 Å². The molecule has 43 heavy (non-hydrogen) atoms. The predicted molar refractivity (Wildman–Crippen MR) is 168 cm³/mol. The number of hydrogen-bond donors (Lipinski definition) is 0. The van der Waals surface area contributed by atoms with Crippen LogP contribution in [0.5, 0.6) is 28.7 Å². The number of hydrogen-bond acceptors (Lipinski definition) is 8. The summed E-state index contributed by atoms with van der Waals surface area (Å²) in [5, 5.41) is 0.716. The molecule has 1 saturated heterocycles. The van der Waals surface area contributed by atoms with Crippen LogP contribution in [-0.4, -0.2) is 60.1 Å². The molecule has 0 N–H and O–H groups in total. The van der Waals surface area contributed by atoms with Crippen molar-refractivity contribution in [3.63, 3.8) is 0 Å². The van der Waals surface area contributed by atoms with Gasteiger partial charge in [0.2, 0.25) is 5.75 Å². The number of methoxy groups -OCH3 is 5. The molecule has 8 heteroatoms. The molecule has 1 aromatic heterocycles. The quantitative estimate of drug-likeness (QED) is 0.178. The summed E-state index contributed by atoms with van der Waals surface area (Å²) in [4.78, 5) is 15.7. The van der Waals surface area contributed by atoms with Crippen LogP contribution in [0.3, 0.4) is 0 Å². The first kappa shape index (κ1) is 30.3. The van der Waals surface area contributed by atoms with E-state index in [1.807, 2.05) is 48.5 Å². The molecule has 3 aromatic carbocycles. The van der Waals surface area contributed by atoms with E-state index in [0.717, 1.165) is 48.3 Å². The Hall–Kier alpha value is -4.17. The maximum absolute atomic E-state index is 13.2. The summed E-state index contributed by atoms with van der Waals surface area (Å²) in [6.45, 7) is 5.27. The van der Waals surface area contributed by atoms with Crippen molar-refractivity contribution in [3.05, 3.63) is 76.1 Å². The maximum Gasteiger partial charge on any atom is 0.336 e. The molecule has 1 aliphatic heterocycles. The summed E-state index contributed by atoms with van der Waals surface area (Å²) in [7, 11) is 8.05. The van der Waals surface area contributed by atoms with Gasteiger partial charge >= 0.3 is 5.63 Å². The highest BCUT2D eigenvalue weighted by Gasteiger charge is 2.30. The van der Waals surface area contributed by atoms with Crippen LogP contribution in [0.1, 0.15) is 43.2 Å². The van der Waals surface area contributed by atoms with Crippen molar-refractivity contribution in [1.82, 2.24) is 4.90 Å². The zero-order valence-corrected chi connectivity index (χ0v) is 25.9. The minimum Gasteiger partial charge on any atom is -0.496 e. The molecule has 2 unspecified atom stereocenters. The Morgan fingerprint density at radius 1 is 0.860 bits per heavy atom. The first-order chi connectivity index (χ1) is 20.9. The summed E-state index contributed by atoms with van der Waals surface area (Å²) in [5.74, 6) is 3.16. The van der Waals surface area contributed by atoms with Crippen molar-refractivity contribution in [1.29, 1.82) is 0 Å². The monoisotopic (exact) mass is 587 g/mol. The Balaban J connectivity index is 1.79. The minimum absolute atomic E-state index is 0.247. The lowest BCUT2D eigenvalue weighted by atomic mass is 9.84. The fraction of sp³-hybridized carbons (Fsp3) is 0.400. The van der Waals surface area contributed by atoms with E-state index in [1.165, 1.54) is 18.9 Å². The van der Waals surface area contributed by atoms with Gasteiger partial charge in [0.25, 0.3) is 0 Å². The van der Waals surface area contributed by atoms with Crippen molar-refractivity contribution in [2.24, 2.45) is 5.92 Å². The number of nitrogens with zero attached hydrogens (tertiary/aromatic N) is 1. The van der Waals surface area contributed by atoms with Crippen LogP contribution in [0, 0.1) is 5.92 Å². The van der Waals surface area contributed by atoms with Crippen LogP contribution in [-0.2, 0) is 0 Å². The summed E-state index contributed by atoms with van der Waals surface area (Å²) >= 11 is 0. The average Bonchev–Trinajstić information content (AvgIpc) is 3.04. The summed E-state index contributed by atoms with van der Waals surface area (Å²) in [5.41, 5.74) is 3.32. The van der Waals surface area contributed by atoms with Gasteiger partial charge in [-0.25, -0.2) is 4.79 Å².